The number of aliphatic hydroxyl groups excluding tert-OH is 1. The summed E-state index contributed by atoms with van der Waals surface area (Å²) in [7, 11) is 0. The van der Waals surface area contributed by atoms with Gasteiger partial charge in [-0.2, -0.15) is 13.2 Å². The largest absolute Gasteiger partial charge is 0.394 e. The van der Waals surface area contributed by atoms with Gasteiger partial charge in [0.15, 0.2) is 0 Å². The number of aliphatic hydroxyl groups is 1. The van der Waals surface area contributed by atoms with Gasteiger partial charge in [0.25, 0.3) is 0 Å². The van der Waals surface area contributed by atoms with E-state index < -0.39 is 18.1 Å². The van der Waals surface area contributed by atoms with E-state index in [9.17, 15) is 13.2 Å². The molecule has 0 rings (SSSR count). The number of hydrogen-bond acceptors (Lipinski definition) is 2. The second kappa shape index (κ2) is 4.81. The Morgan fingerprint density at radius 3 is 2.15 bits per heavy atom. The number of rotatable bonds is 5. The lowest BCUT2D eigenvalue weighted by atomic mass is 10.1. The molecule has 2 nitrogen and oxygen atoms in total. The van der Waals surface area contributed by atoms with E-state index in [2.05, 4.69) is 5.32 Å². The van der Waals surface area contributed by atoms with E-state index in [1.54, 1.807) is 13.8 Å². The van der Waals surface area contributed by atoms with Gasteiger partial charge in [-0.05, 0) is 26.8 Å². The first-order chi connectivity index (χ1) is 5.77. The van der Waals surface area contributed by atoms with Gasteiger partial charge in [-0.3, -0.25) is 0 Å². The van der Waals surface area contributed by atoms with E-state index in [0.717, 1.165) is 0 Å². The van der Waals surface area contributed by atoms with E-state index in [4.69, 9.17) is 5.11 Å². The Morgan fingerprint density at radius 2 is 1.77 bits per heavy atom. The highest BCUT2D eigenvalue weighted by Crippen LogP contribution is 2.20. The summed E-state index contributed by atoms with van der Waals surface area (Å²) in [4.78, 5) is 0. The maximum atomic E-state index is 11.7. The van der Waals surface area contributed by atoms with Gasteiger partial charge in [0, 0.05) is 12.0 Å². The van der Waals surface area contributed by atoms with Gasteiger partial charge in [-0.15, -0.1) is 0 Å². The molecule has 0 radical (unpaired) electrons. The Hall–Kier alpha value is -0.290. The molecule has 0 atom stereocenters. The lowest BCUT2D eigenvalue weighted by Crippen LogP contribution is -2.43. The van der Waals surface area contributed by atoms with E-state index in [1.165, 1.54) is 0 Å². The average Bonchev–Trinajstić information content (AvgIpc) is 1.97. The van der Waals surface area contributed by atoms with Gasteiger partial charge >= 0.3 is 6.18 Å². The Labute approximate surface area is 76.1 Å². The molecule has 0 saturated carbocycles. The van der Waals surface area contributed by atoms with Crippen molar-refractivity contribution in [3.8, 4) is 0 Å². The van der Waals surface area contributed by atoms with Crippen LogP contribution in [0.3, 0.4) is 0 Å². The third kappa shape index (κ3) is 8.05. The molecule has 0 aliphatic heterocycles. The van der Waals surface area contributed by atoms with Crippen molar-refractivity contribution in [2.45, 2.75) is 38.4 Å². The van der Waals surface area contributed by atoms with Crippen LogP contribution in [-0.2, 0) is 0 Å². The first-order valence-electron chi connectivity index (χ1n) is 4.19. The Kier molecular flexibility index (Phi) is 4.70. The number of nitrogens with one attached hydrogen (secondary N) is 1. The molecule has 80 valence electrons. The van der Waals surface area contributed by atoms with Gasteiger partial charge in [-0.25, -0.2) is 0 Å². The Bertz CT molecular complexity index is 145. The molecule has 5 heteroatoms. The van der Waals surface area contributed by atoms with Gasteiger partial charge in [0.05, 0.1) is 6.61 Å². The molecule has 0 heterocycles. The molecule has 2 N–H and O–H groups in total. The average molecular weight is 199 g/mol. The smallest absolute Gasteiger partial charge is 0.389 e. The lowest BCUT2D eigenvalue weighted by Gasteiger charge is -2.23. The molecule has 0 spiro atoms. The van der Waals surface area contributed by atoms with Crippen molar-refractivity contribution in [1.29, 1.82) is 0 Å². The van der Waals surface area contributed by atoms with E-state index in [1.807, 2.05) is 0 Å². The van der Waals surface area contributed by atoms with Gasteiger partial charge in [0.1, 0.15) is 0 Å². The molecular formula is C8H16F3NO. The zero-order valence-electron chi connectivity index (χ0n) is 7.91. The fourth-order valence-electron chi connectivity index (χ4n) is 0.772. The normalized spacial score (nSPS) is 13.4. The minimum absolute atomic E-state index is 0.0485. The van der Waals surface area contributed by atoms with Crippen LogP contribution in [0.15, 0.2) is 0 Å². The number of hydrogen-bond donors (Lipinski definition) is 2. The van der Waals surface area contributed by atoms with Gasteiger partial charge < -0.3 is 10.4 Å². The maximum absolute atomic E-state index is 11.7. The van der Waals surface area contributed by atoms with Crippen LogP contribution in [0.2, 0.25) is 0 Å². The van der Waals surface area contributed by atoms with Crippen LogP contribution in [0, 0.1) is 0 Å². The first-order valence-corrected chi connectivity index (χ1v) is 4.19. The van der Waals surface area contributed by atoms with Crippen LogP contribution in [0.4, 0.5) is 13.2 Å². The summed E-state index contributed by atoms with van der Waals surface area (Å²) in [5.74, 6) is 0. The highest BCUT2D eigenvalue weighted by molar-refractivity contribution is 4.75. The van der Waals surface area contributed by atoms with Crippen LogP contribution in [0.5, 0.6) is 0 Å². The zero-order chi connectivity index (χ0) is 10.5. The molecule has 0 aliphatic carbocycles. The standard InChI is InChI=1S/C8H16F3NO/c1-7(2,6-13)12-5-3-4-8(9,10)11/h12-13H,3-6H2,1-2H3. The van der Waals surface area contributed by atoms with Crippen LogP contribution in [0.1, 0.15) is 26.7 Å². The molecule has 13 heavy (non-hydrogen) atoms. The SMILES string of the molecule is CC(C)(CO)NCCCC(F)(F)F. The minimum atomic E-state index is -4.08. The van der Waals surface area contributed by atoms with Crippen LogP contribution in [-0.4, -0.2) is 30.0 Å². The molecule has 0 amide bonds. The molecule has 0 aliphatic rings. The molecule has 0 unspecified atom stereocenters. The minimum Gasteiger partial charge on any atom is -0.394 e. The summed E-state index contributed by atoms with van der Waals surface area (Å²) in [6, 6.07) is 0. The zero-order valence-corrected chi connectivity index (χ0v) is 7.91. The van der Waals surface area contributed by atoms with Crippen molar-refractivity contribution < 1.29 is 18.3 Å². The van der Waals surface area contributed by atoms with Crippen molar-refractivity contribution in [1.82, 2.24) is 5.32 Å². The fraction of sp³-hybridized carbons (Fsp3) is 1.00. The Balaban J connectivity index is 3.47. The molecule has 0 aromatic rings. The summed E-state index contributed by atoms with van der Waals surface area (Å²) >= 11 is 0. The van der Waals surface area contributed by atoms with E-state index >= 15 is 0 Å². The third-order valence-corrected chi connectivity index (χ3v) is 1.64. The second-order valence-corrected chi connectivity index (χ2v) is 3.69. The second-order valence-electron chi connectivity index (χ2n) is 3.69. The summed E-state index contributed by atoms with van der Waals surface area (Å²) in [5.41, 5.74) is -0.494. The number of halogens is 3. The highest BCUT2D eigenvalue weighted by Gasteiger charge is 2.26. The topological polar surface area (TPSA) is 32.3 Å². The van der Waals surface area contributed by atoms with Crippen molar-refractivity contribution in [2.24, 2.45) is 0 Å². The Morgan fingerprint density at radius 1 is 1.23 bits per heavy atom. The molecular weight excluding hydrogens is 183 g/mol. The summed E-state index contributed by atoms with van der Waals surface area (Å²) in [5, 5.41) is 11.6. The number of alkyl halides is 3. The monoisotopic (exact) mass is 199 g/mol. The van der Waals surface area contributed by atoms with Crippen LogP contribution >= 0.6 is 0 Å². The van der Waals surface area contributed by atoms with Gasteiger partial charge in [0.2, 0.25) is 0 Å². The van der Waals surface area contributed by atoms with E-state index in [0.29, 0.717) is 0 Å². The molecule has 0 saturated heterocycles. The molecule has 0 bridgehead atoms. The maximum Gasteiger partial charge on any atom is 0.389 e. The summed E-state index contributed by atoms with van der Waals surface area (Å²) in [6.07, 6.45) is -4.81. The van der Waals surface area contributed by atoms with Gasteiger partial charge in [-0.1, -0.05) is 0 Å². The fourth-order valence-corrected chi connectivity index (χ4v) is 0.772. The molecule has 0 fully saturated rings. The predicted molar refractivity (Wildman–Crippen MR) is 44.5 cm³/mol. The highest BCUT2D eigenvalue weighted by atomic mass is 19.4. The van der Waals surface area contributed by atoms with Crippen LogP contribution in [0.25, 0.3) is 0 Å². The lowest BCUT2D eigenvalue weighted by molar-refractivity contribution is -0.135. The van der Waals surface area contributed by atoms with Crippen LogP contribution < -0.4 is 5.32 Å². The quantitative estimate of drug-likeness (QED) is 0.660. The third-order valence-electron chi connectivity index (χ3n) is 1.64. The van der Waals surface area contributed by atoms with Crippen molar-refractivity contribution in [2.75, 3.05) is 13.2 Å². The summed E-state index contributed by atoms with van der Waals surface area (Å²) in [6.45, 7) is 3.66. The molecule has 0 aromatic heterocycles. The first kappa shape index (κ1) is 12.7. The van der Waals surface area contributed by atoms with Crippen molar-refractivity contribution in [3.63, 3.8) is 0 Å². The van der Waals surface area contributed by atoms with Crippen molar-refractivity contribution >= 4 is 0 Å². The molecule has 0 aromatic carbocycles. The van der Waals surface area contributed by atoms with Crippen molar-refractivity contribution in [3.05, 3.63) is 0 Å². The van der Waals surface area contributed by atoms with E-state index in [-0.39, 0.29) is 19.6 Å². The predicted octanol–water partition coefficient (Wildman–Crippen LogP) is 1.69. The summed E-state index contributed by atoms with van der Waals surface area (Å²) < 4.78 is 35.0.